The number of hydrogen-bond donors (Lipinski definition) is 3. The second-order valence-corrected chi connectivity index (χ2v) is 4.96. The maximum Gasteiger partial charge on any atom is 0.254 e. The summed E-state index contributed by atoms with van der Waals surface area (Å²) in [5.74, 6) is -1.06. The summed E-state index contributed by atoms with van der Waals surface area (Å²) in [5, 5.41) is 7.93. The smallest absolute Gasteiger partial charge is 0.254 e. The van der Waals surface area contributed by atoms with E-state index in [0.717, 1.165) is 0 Å². The lowest BCUT2D eigenvalue weighted by Crippen LogP contribution is -2.44. The molecule has 0 aliphatic carbocycles. The van der Waals surface area contributed by atoms with Crippen molar-refractivity contribution >= 4 is 23.4 Å². The van der Waals surface area contributed by atoms with Gasteiger partial charge in [0, 0.05) is 20.3 Å². The first-order valence-corrected chi connectivity index (χ1v) is 7.08. The average Bonchev–Trinajstić information content (AvgIpc) is 2.62. The molecular weight excluding hydrogens is 286 g/mol. The van der Waals surface area contributed by atoms with Gasteiger partial charge in [0.15, 0.2) is 0 Å². The molecule has 1 aliphatic rings. The van der Waals surface area contributed by atoms with Crippen LogP contribution in [0.4, 0.5) is 5.69 Å². The molecule has 0 bridgehead atoms. The third-order valence-corrected chi connectivity index (χ3v) is 3.29. The first-order valence-electron chi connectivity index (χ1n) is 7.08. The topological polar surface area (TPSA) is 96.5 Å². The minimum atomic E-state index is -0.887. The van der Waals surface area contributed by atoms with Gasteiger partial charge >= 0.3 is 0 Å². The van der Waals surface area contributed by atoms with Gasteiger partial charge in [0.05, 0.1) is 17.7 Å². The highest BCUT2D eigenvalue weighted by atomic mass is 16.5. The van der Waals surface area contributed by atoms with E-state index in [-0.39, 0.29) is 18.2 Å². The number of benzene rings is 1. The van der Waals surface area contributed by atoms with Gasteiger partial charge in [-0.25, -0.2) is 0 Å². The van der Waals surface area contributed by atoms with E-state index in [1.807, 2.05) is 0 Å². The molecule has 7 nitrogen and oxygen atoms in total. The molecule has 0 aromatic heterocycles. The molecule has 0 saturated carbocycles. The van der Waals surface area contributed by atoms with E-state index >= 15 is 0 Å². The Morgan fingerprint density at radius 1 is 1.32 bits per heavy atom. The second kappa shape index (κ2) is 7.56. The van der Waals surface area contributed by atoms with Crippen LogP contribution in [-0.4, -0.2) is 44.0 Å². The molecule has 3 amide bonds. The van der Waals surface area contributed by atoms with Gasteiger partial charge in [-0.2, -0.15) is 0 Å². The van der Waals surface area contributed by atoms with Crippen molar-refractivity contribution < 1.29 is 19.1 Å². The van der Waals surface area contributed by atoms with Crippen molar-refractivity contribution in [1.82, 2.24) is 10.6 Å². The summed E-state index contributed by atoms with van der Waals surface area (Å²) in [6.45, 7) is 1.02. The highest BCUT2D eigenvalue weighted by molar-refractivity contribution is 6.10. The van der Waals surface area contributed by atoms with E-state index in [1.165, 1.54) is 0 Å². The highest BCUT2D eigenvalue weighted by Gasteiger charge is 2.29. The summed E-state index contributed by atoms with van der Waals surface area (Å²) in [6, 6.07) is 5.84. The van der Waals surface area contributed by atoms with Gasteiger partial charge in [-0.3, -0.25) is 14.4 Å². The van der Waals surface area contributed by atoms with Crippen molar-refractivity contribution in [2.45, 2.75) is 18.9 Å². The zero-order chi connectivity index (χ0) is 15.9. The molecule has 3 N–H and O–H groups in total. The number of carbonyl (C=O) groups is 3. The quantitative estimate of drug-likeness (QED) is 0.658. The maximum absolute atomic E-state index is 12.1. The van der Waals surface area contributed by atoms with Crippen molar-refractivity contribution in [2.75, 3.05) is 25.6 Å². The first-order chi connectivity index (χ1) is 10.6. The lowest BCUT2D eigenvalue weighted by atomic mass is 10.1. The molecule has 22 heavy (non-hydrogen) atoms. The fourth-order valence-electron chi connectivity index (χ4n) is 2.16. The van der Waals surface area contributed by atoms with Crippen LogP contribution in [0.5, 0.6) is 0 Å². The summed E-state index contributed by atoms with van der Waals surface area (Å²) < 4.78 is 4.88. The van der Waals surface area contributed by atoms with Crippen molar-refractivity contribution in [3.05, 3.63) is 29.8 Å². The van der Waals surface area contributed by atoms with Crippen molar-refractivity contribution in [1.29, 1.82) is 0 Å². The highest BCUT2D eigenvalue weighted by Crippen LogP contribution is 2.18. The maximum atomic E-state index is 12.1. The minimum absolute atomic E-state index is 0.0987. The summed E-state index contributed by atoms with van der Waals surface area (Å²) in [6.07, 6.45) is 0.593. The Morgan fingerprint density at radius 3 is 2.86 bits per heavy atom. The number of amides is 3. The minimum Gasteiger partial charge on any atom is -0.385 e. The zero-order valence-electron chi connectivity index (χ0n) is 12.3. The number of anilines is 1. The summed E-state index contributed by atoms with van der Waals surface area (Å²) in [7, 11) is 1.59. The third kappa shape index (κ3) is 4.05. The molecule has 1 atom stereocenters. The van der Waals surface area contributed by atoms with Gasteiger partial charge in [-0.1, -0.05) is 12.1 Å². The van der Waals surface area contributed by atoms with Gasteiger partial charge in [-0.05, 0) is 18.6 Å². The van der Waals surface area contributed by atoms with Crippen LogP contribution >= 0.6 is 0 Å². The van der Waals surface area contributed by atoms with Gasteiger partial charge in [0.1, 0.15) is 6.04 Å². The number of hydrogen-bond acceptors (Lipinski definition) is 4. The molecule has 0 spiro atoms. The van der Waals surface area contributed by atoms with Gasteiger partial charge in [0.25, 0.3) is 5.91 Å². The van der Waals surface area contributed by atoms with Crippen LogP contribution in [-0.2, 0) is 14.3 Å². The predicted molar refractivity (Wildman–Crippen MR) is 80.4 cm³/mol. The number of carbonyl (C=O) groups excluding carboxylic acids is 3. The Labute approximate surface area is 128 Å². The Morgan fingerprint density at radius 2 is 2.09 bits per heavy atom. The zero-order valence-corrected chi connectivity index (χ0v) is 12.3. The predicted octanol–water partition coefficient (Wildman–Crippen LogP) is 0.280. The molecular formula is C15H19N3O4. The first kappa shape index (κ1) is 16.0. The number of methoxy groups -OCH3 is 1. The number of nitrogens with one attached hydrogen (secondary N) is 3. The monoisotopic (exact) mass is 305 g/mol. The molecule has 0 unspecified atom stereocenters. The summed E-state index contributed by atoms with van der Waals surface area (Å²) in [5.41, 5.74) is 0.840. The number of para-hydroxylation sites is 1. The van der Waals surface area contributed by atoms with E-state index in [0.29, 0.717) is 30.8 Å². The normalized spacial score (nSPS) is 17.0. The molecule has 0 saturated heterocycles. The van der Waals surface area contributed by atoms with Gasteiger partial charge < -0.3 is 20.7 Å². The summed E-state index contributed by atoms with van der Waals surface area (Å²) in [4.78, 5) is 36.0. The molecule has 2 rings (SSSR count). The van der Waals surface area contributed by atoms with E-state index in [1.54, 1.807) is 31.4 Å². The molecule has 1 aliphatic heterocycles. The van der Waals surface area contributed by atoms with Crippen LogP contribution in [0.25, 0.3) is 0 Å². The molecule has 118 valence electrons. The van der Waals surface area contributed by atoms with Crippen molar-refractivity contribution in [3.63, 3.8) is 0 Å². The molecule has 1 aromatic rings. The van der Waals surface area contributed by atoms with Gasteiger partial charge in [-0.15, -0.1) is 0 Å². The standard InChI is InChI=1S/C15H19N3O4/c1-22-8-4-7-16-13(19)9-12-15(21)17-11-6-3-2-5-10(11)14(20)18-12/h2-3,5-6,12H,4,7-9H2,1H3,(H,16,19)(H,17,21)(H,18,20)/t12-/m1/s1. The third-order valence-electron chi connectivity index (χ3n) is 3.29. The second-order valence-electron chi connectivity index (χ2n) is 4.96. The number of ether oxygens (including phenoxy) is 1. The Bertz CT molecular complexity index is 574. The number of rotatable bonds is 6. The summed E-state index contributed by atoms with van der Waals surface area (Å²) >= 11 is 0. The lowest BCUT2D eigenvalue weighted by molar-refractivity contribution is -0.125. The fraction of sp³-hybridized carbons (Fsp3) is 0.400. The van der Waals surface area contributed by atoms with Crippen LogP contribution < -0.4 is 16.0 Å². The van der Waals surface area contributed by atoms with Crippen LogP contribution in [0.15, 0.2) is 24.3 Å². The van der Waals surface area contributed by atoms with Crippen LogP contribution in [0.2, 0.25) is 0 Å². The van der Waals surface area contributed by atoms with E-state index < -0.39 is 11.9 Å². The molecule has 0 radical (unpaired) electrons. The van der Waals surface area contributed by atoms with Crippen molar-refractivity contribution in [2.24, 2.45) is 0 Å². The van der Waals surface area contributed by atoms with Crippen molar-refractivity contribution in [3.8, 4) is 0 Å². The van der Waals surface area contributed by atoms with Crippen LogP contribution in [0.3, 0.4) is 0 Å². The van der Waals surface area contributed by atoms with E-state index in [9.17, 15) is 14.4 Å². The average molecular weight is 305 g/mol. The van der Waals surface area contributed by atoms with Gasteiger partial charge in [0.2, 0.25) is 11.8 Å². The largest absolute Gasteiger partial charge is 0.385 e. The molecule has 7 heteroatoms. The Kier molecular flexibility index (Phi) is 5.48. The lowest BCUT2D eigenvalue weighted by Gasteiger charge is -2.14. The molecule has 0 fully saturated rings. The van der Waals surface area contributed by atoms with Crippen LogP contribution in [0, 0.1) is 0 Å². The van der Waals surface area contributed by atoms with E-state index in [4.69, 9.17) is 4.74 Å². The van der Waals surface area contributed by atoms with E-state index in [2.05, 4.69) is 16.0 Å². The SMILES string of the molecule is COCCCNC(=O)C[C@H]1NC(=O)c2ccccc2NC1=O. The molecule has 1 aromatic carbocycles. The van der Waals surface area contributed by atoms with Crippen LogP contribution in [0.1, 0.15) is 23.2 Å². The number of fused-ring (bicyclic) bond motifs is 1. The molecule has 1 heterocycles. The fourth-order valence-corrected chi connectivity index (χ4v) is 2.16. The Balaban J connectivity index is 1.94. The Hall–Kier alpha value is -2.41.